The number of aromatic amines is 1. The van der Waals surface area contributed by atoms with Crippen molar-refractivity contribution in [3.63, 3.8) is 0 Å². The topological polar surface area (TPSA) is 126 Å². The number of carbonyl (C=O) groups is 2. The van der Waals surface area contributed by atoms with Crippen molar-refractivity contribution in [1.82, 2.24) is 20.5 Å². The van der Waals surface area contributed by atoms with Gasteiger partial charge in [-0.1, -0.05) is 0 Å². The molecule has 0 radical (unpaired) electrons. The quantitative estimate of drug-likeness (QED) is 0.657. The van der Waals surface area contributed by atoms with Gasteiger partial charge in [-0.2, -0.15) is 5.10 Å². The number of amides is 3. The van der Waals surface area contributed by atoms with Crippen molar-refractivity contribution in [1.29, 1.82) is 0 Å². The number of carbonyl (C=O) groups excluding carboxylic acids is 2. The first-order valence-electron chi connectivity index (χ1n) is 5.89. The zero-order valence-corrected chi connectivity index (χ0v) is 10.8. The Kier molecular flexibility index (Phi) is 3.94. The molecule has 104 valence electrons. The van der Waals surface area contributed by atoms with Gasteiger partial charge in [0.25, 0.3) is 5.91 Å². The zero-order chi connectivity index (χ0) is 14.5. The van der Waals surface area contributed by atoms with Gasteiger partial charge in [-0.15, -0.1) is 0 Å². The Hall–Kier alpha value is -2.90. The number of primary amides is 1. The molecule has 0 saturated carbocycles. The van der Waals surface area contributed by atoms with E-state index in [4.69, 9.17) is 5.73 Å². The molecule has 1 heterocycles. The Morgan fingerprint density at radius 3 is 2.55 bits per heavy atom. The Morgan fingerprint density at radius 1 is 1.30 bits per heavy atom. The largest absolute Gasteiger partial charge is 0.351 e. The molecule has 2 rings (SSSR count). The van der Waals surface area contributed by atoms with Crippen LogP contribution in [0.4, 0.5) is 10.5 Å². The number of hydrogen-bond donors (Lipinski definition) is 4. The van der Waals surface area contributed by atoms with Gasteiger partial charge in [0.2, 0.25) is 0 Å². The summed E-state index contributed by atoms with van der Waals surface area (Å²) in [5.41, 5.74) is 5.99. The molecule has 1 aromatic heterocycles. The molecule has 0 fully saturated rings. The molecule has 5 N–H and O–H groups in total. The fourth-order valence-electron chi connectivity index (χ4n) is 1.62. The Balaban J connectivity index is 2.00. The second kappa shape index (κ2) is 5.83. The van der Waals surface area contributed by atoms with Crippen LogP contribution >= 0.6 is 0 Å². The van der Waals surface area contributed by atoms with E-state index in [0.29, 0.717) is 17.1 Å². The molecular weight excluding hydrogens is 260 g/mol. The number of benzene rings is 1. The van der Waals surface area contributed by atoms with Crippen LogP contribution in [0, 0.1) is 0 Å². The van der Waals surface area contributed by atoms with Crippen LogP contribution in [0.15, 0.2) is 30.6 Å². The van der Waals surface area contributed by atoms with Crippen LogP contribution < -0.4 is 16.4 Å². The monoisotopic (exact) mass is 274 g/mol. The van der Waals surface area contributed by atoms with Crippen LogP contribution in [0.1, 0.15) is 29.1 Å². The number of urea groups is 1. The van der Waals surface area contributed by atoms with Gasteiger partial charge < -0.3 is 16.4 Å². The molecule has 1 unspecified atom stereocenters. The number of aromatic nitrogens is 3. The van der Waals surface area contributed by atoms with E-state index in [1.165, 1.54) is 6.33 Å². The van der Waals surface area contributed by atoms with Crippen LogP contribution in [0.5, 0.6) is 0 Å². The number of rotatable bonds is 4. The molecule has 0 aliphatic rings. The number of nitrogens with two attached hydrogens (primary N) is 1. The highest BCUT2D eigenvalue weighted by molar-refractivity contribution is 5.95. The first-order chi connectivity index (χ1) is 9.56. The van der Waals surface area contributed by atoms with Gasteiger partial charge in [0, 0.05) is 11.3 Å². The second-order valence-corrected chi connectivity index (χ2v) is 4.13. The van der Waals surface area contributed by atoms with E-state index >= 15 is 0 Å². The summed E-state index contributed by atoms with van der Waals surface area (Å²) in [5, 5.41) is 11.6. The van der Waals surface area contributed by atoms with Crippen molar-refractivity contribution in [3.8, 4) is 0 Å². The van der Waals surface area contributed by atoms with E-state index in [2.05, 4.69) is 25.8 Å². The average molecular weight is 274 g/mol. The summed E-state index contributed by atoms with van der Waals surface area (Å²) < 4.78 is 0. The maximum atomic E-state index is 12.0. The van der Waals surface area contributed by atoms with Gasteiger partial charge in [-0.25, -0.2) is 9.78 Å². The Morgan fingerprint density at radius 2 is 2.00 bits per heavy atom. The third-order valence-electron chi connectivity index (χ3n) is 2.61. The SMILES string of the molecule is CC(NC(=O)c1ccc(NC(N)=O)cc1)c1ncn[nH]1. The molecule has 0 aliphatic carbocycles. The van der Waals surface area contributed by atoms with Gasteiger partial charge >= 0.3 is 6.03 Å². The van der Waals surface area contributed by atoms with Crippen molar-refractivity contribution in [2.75, 3.05) is 5.32 Å². The van der Waals surface area contributed by atoms with Crippen LogP contribution in [0.3, 0.4) is 0 Å². The third-order valence-corrected chi connectivity index (χ3v) is 2.61. The van der Waals surface area contributed by atoms with Crippen molar-refractivity contribution >= 4 is 17.6 Å². The van der Waals surface area contributed by atoms with Gasteiger partial charge in [-0.05, 0) is 31.2 Å². The average Bonchev–Trinajstić information content (AvgIpc) is 2.92. The molecule has 8 heteroatoms. The fourth-order valence-corrected chi connectivity index (χ4v) is 1.62. The normalized spacial score (nSPS) is 11.7. The minimum absolute atomic E-state index is 0.250. The molecule has 0 saturated heterocycles. The molecule has 0 bridgehead atoms. The summed E-state index contributed by atoms with van der Waals surface area (Å²) >= 11 is 0. The molecule has 3 amide bonds. The van der Waals surface area contributed by atoms with Crippen LogP contribution in [0.2, 0.25) is 0 Å². The first-order valence-corrected chi connectivity index (χ1v) is 5.89. The summed E-state index contributed by atoms with van der Waals surface area (Å²) in [6, 6.07) is 5.44. The minimum atomic E-state index is -0.652. The Bertz CT molecular complexity index is 593. The smallest absolute Gasteiger partial charge is 0.316 e. The van der Waals surface area contributed by atoms with Crippen LogP contribution in [-0.4, -0.2) is 27.1 Å². The van der Waals surface area contributed by atoms with Crippen molar-refractivity contribution < 1.29 is 9.59 Å². The number of anilines is 1. The van der Waals surface area contributed by atoms with E-state index in [0.717, 1.165) is 0 Å². The second-order valence-electron chi connectivity index (χ2n) is 4.13. The van der Waals surface area contributed by atoms with Crippen molar-refractivity contribution in [2.24, 2.45) is 5.73 Å². The Labute approximate surface area is 114 Å². The summed E-state index contributed by atoms with van der Waals surface area (Å²) in [6.45, 7) is 1.79. The standard InChI is InChI=1S/C12H14N6O2/c1-7(10-14-6-15-18-10)16-11(19)8-2-4-9(5-3-8)17-12(13)20/h2-7H,1H3,(H,16,19)(H3,13,17,20)(H,14,15,18). The van der Waals surface area contributed by atoms with E-state index in [9.17, 15) is 9.59 Å². The highest BCUT2D eigenvalue weighted by Crippen LogP contribution is 2.11. The minimum Gasteiger partial charge on any atom is -0.351 e. The molecule has 20 heavy (non-hydrogen) atoms. The lowest BCUT2D eigenvalue weighted by Crippen LogP contribution is -2.27. The summed E-state index contributed by atoms with van der Waals surface area (Å²) in [6.07, 6.45) is 1.38. The van der Waals surface area contributed by atoms with Crippen LogP contribution in [-0.2, 0) is 0 Å². The van der Waals surface area contributed by atoms with Gasteiger partial charge in [0.1, 0.15) is 12.2 Å². The maximum absolute atomic E-state index is 12.0. The molecule has 0 aliphatic heterocycles. The summed E-state index contributed by atoms with van der Waals surface area (Å²) in [5.74, 6) is 0.324. The number of nitrogens with zero attached hydrogens (tertiary/aromatic N) is 2. The van der Waals surface area contributed by atoms with E-state index in [-0.39, 0.29) is 11.9 Å². The molecule has 8 nitrogen and oxygen atoms in total. The van der Waals surface area contributed by atoms with Crippen molar-refractivity contribution in [3.05, 3.63) is 42.0 Å². The number of H-pyrrole nitrogens is 1. The zero-order valence-electron chi connectivity index (χ0n) is 10.8. The molecule has 2 aromatic rings. The molecule has 0 spiro atoms. The van der Waals surface area contributed by atoms with Crippen molar-refractivity contribution in [2.45, 2.75) is 13.0 Å². The third kappa shape index (κ3) is 3.31. The lowest BCUT2D eigenvalue weighted by atomic mass is 10.2. The van der Waals surface area contributed by atoms with E-state index < -0.39 is 6.03 Å². The number of hydrogen-bond acceptors (Lipinski definition) is 4. The maximum Gasteiger partial charge on any atom is 0.316 e. The predicted molar refractivity (Wildman–Crippen MR) is 71.9 cm³/mol. The summed E-state index contributed by atoms with van der Waals surface area (Å²) in [4.78, 5) is 26.6. The van der Waals surface area contributed by atoms with Gasteiger partial charge in [0.05, 0.1) is 6.04 Å². The highest BCUT2D eigenvalue weighted by Gasteiger charge is 2.13. The predicted octanol–water partition coefficient (Wildman–Crippen LogP) is 0.786. The fraction of sp³-hybridized carbons (Fsp3) is 0.167. The van der Waals surface area contributed by atoms with E-state index in [1.807, 2.05) is 0 Å². The molecular formula is C12H14N6O2. The first kappa shape index (κ1) is 13.5. The molecule has 1 atom stereocenters. The number of nitrogens with one attached hydrogen (secondary N) is 3. The van der Waals surface area contributed by atoms with Crippen LogP contribution in [0.25, 0.3) is 0 Å². The summed E-state index contributed by atoms with van der Waals surface area (Å²) in [7, 11) is 0. The lowest BCUT2D eigenvalue weighted by molar-refractivity contribution is 0.0938. The van der Waals surface area contributed by atoms with E-state index in [1.54, 1.807) is 31.2 Å². The highest BCUT2D eigenvalue weighted by atomic mass is 16.2. The van der Waals surface area contributed by atoms with Gasteiger partial charge in [-0.3, -0.25) is 9.89 Å². The molecule has 1 aromatic carbocycles. The van der Waals surface area contributed by atoms with Gasteiger partial charge in [0.15, 0.2) is 0 Å². The lowest BCUT2D eigenvalue weighted by Gasteiger charge is -2.11.